The highest BCUT2D eigenvalue weighted by Gasteiger charge is 2.44. The van der Waals surface area contributed by atoms with Crippen molar-refractivity contribution in [3.05, 3.63) is 35.9 Å². The van der Waals surface area contributed by atoms with Gasteiger partial charge >= 0.3 is 18.0 Å². The van der Waals surface area contributed by atoms with Gasteiger partial charge in [-0.1, -0.05) is 73.6 Å². The van der Waals surface area contributed by atoms with Crippen LogP contribution < -0.4 is 0 Å². The number of esters is 2. The molecule has 10 heteroatoms. The minimum absolute atomic E-state index is 0.0137. The van der Waals surface area contributed by atoms with E-state index in [0.717, 1.165) is 0 Å². The van der Waals surface area contributed by atoms with E-state index in [-0.39, 0.29) is 22.2 Å². The Bertz CT molecular complexity index is 1240. The molecule has 9 nitrogen and oxygen atoms in total. The van der Waals surface area contributed by atoms with E-state index in [1.807, 2.05) is 33.8 Å². The fourth-order valence-electron chi connectivity index (χ4n) is 5.53. The molecule has 0 aliphatic carbocycles. The molecule has 0 N–H and O–H groups in total. The molecule has 1 amide bonds. The predicted octanol–water partition coefficient (Wildman–Crippen LogP) is 8.60. The summed E-state index contributed by atoms with van der Waals surface area (Å²) in [6.07, 6.45) is 0.00645. The quantitative estimate of drug-likeness (QED) is 0.115. The number of rotatable bonds is 13. The number of ketones is 1. The Labute approximate surface area is 290 Å². The average molecular weight is 690 g/mol. The topological polar surface area (TPSA) is 108 Å². The van der Waals surface area contributed by atoms with E-state index < -0.39 is 62.2 Å². The Morgan fingerprint density at radius 2 is 1.46 bits per heavy atom. The van der Waals surface area contributed by atoms with Gasteiger partial charge in [0.15, 0.2) is 20.2 Å². The van der Waals surface area contributed by atoms with Crippen molar-refractivity contribution in [2.24, 2.45) is 17.3 Å². The molecule has 0 radical (unpaired) electrons. The monoisotopic (exact) mass is 689 g/mol. The number of hydrogen-bond acceptors (Lipinski definition) is 8. The molecule has 0 bridgehead atoms. The minimum atomic E-state index is -2.31. The molecule has 1 aromatic rings. The Balaban J connectivity index is 2.24. The molecular weight excluding hydrogens is 627 g/mol. The highest BCUT2D eigenvalue weighted by atomic mass is 28.4. The van der Waals surface area contributed by atoms with Crippen molar-refractivity contribution in [1.82, 2.24) is 4.90 Å². The lowest BCUT2D eigenvalue weighted by Gasteiger charge is -2.42. The second-order valence-electron chi connectivity index (χ2n) is 17.2. The van der Waals surface area contributed by atoms with Crippen LogP contribution in [-0.4, -0.2) is 73.5 Å². The summed E-state index contributed by atoms with van der Waals surface area (Å²) in [6.45, 7) is 28.4. The van der Waals surface area contributed by atoms with Crippen LogP contribution in [-0.2, 0) is 28.2 Å². The van der Waals surface area contributed by atoms with Crippen LogP contribution in [0.3, 0.4) is 0 Å². The zero-order valence-electron chi connectivity index (χ0n) is 32.1. The lowest BCUT2D eigenvalue weighted by molar-refractivity contribution is -0.161. The number of likely N-dealkylation sites (tertiary alicyclic amines) is 1. The molecule has 272 valence electrons. The number of Topliss-reactive ketones (excluding diaryl/α,β-unsaturated/α-hetero) is 1. The Kier molecular flexibility index (Phi) is 14.1. The van der Waals surface area contributed by atoms with Gasteiger partial charge in [0, 0.05) is 12.5 Å². The molecular formula is C38H63NO8Si. The van der Waals surface area contributed by atoms with Crippen LogP contribution in [0.1, 0.15) is 119 Å². The first-order valence-electron chi connectivity index (χ1n) is 17.5. The second kappa shape index (κ2) is 16.3. The van der Waals surface area contributed by atoms with E-state index in [2.05, 4.69) is 40.8 Å². The van der Waals surface area contributed by atoms with Gasteiger partial charge in [0.05, 0.1) is 11.7 Å². The number of carbonyl (C=O) groups is 4. The summed E-state index contributed by atoms with van der Waals surface area (Å²) < 4.78 is 24.3. The van der Waals surface area contributed by atoms with E-state index in [1.54, 1.807) is 52.0 Å². The molecule has 1 aliphatic heterocycles. The SMILES string of the molecule is C[C@@H](C[C@H](O[Si](C)(C)C(C)(C)C)[C@H](C)C(=O)[C@@H](C)OC(=O)c1ccccc1)C[C@H](OC(=O)[C@@H]1CCCN1C(=O)OC(C)(C)C)C(C)(C)C. The van der Waals surface area contributed by atoms with Crippen LogP contribution in [0.2, 0.25) is 18.1 Å². The van der Waals surface area contributed by atoms with Gasteiger partial charge in [-0.15, -0.1) is 0 Å². The van der Waals surface area contributed by atoms with Crippen LogP contribution in [0.4, 0.5) is 4.79 Å². The predicted molar refractivity (Wildman–Crippen MR) is 191 cm³/mol. The van der Waals surface area contributed by atoms with E-state index in [0.29, 0.717) is 37.8 Å². The second-order valence-corrected chi connectivity index (χ2v) is 22.0. The van der Waals surface area contributed by atoms with Gasteiger partial charge in [0.25, 0.3) is 0 Å². The summed E-state index contributed by atoms with van der Waals surface area (Å²) in [5.74, 6) is -1.69. The number of benzene rings is 1. The van der Waals surface area contributed by atoms with Crippen molar-refractivity contribution in [1.29, 1.82) is 0 Å². The molecule has 1 aromatic carbocycles. The molecule has 0 aromatic heterocycles. The summed E-state index contributed by atoms with van der Waals surface area (Å²) in [7, 11) is -2.31. The number of hydrogen-bond donors (Lipinski definition) is 0. The number of nitrogens with zero attached hydrogens (tertiary/aromatic N) is 1. The summed E-state index contributed by atoms with van der Waals surface area (Å²) in [5, 5.41) is -0.0899. The maximum Gasteiger partial charge on any atom is 0.411 e. The Hall–Kier alpha value is -2.72. The van der Waals surface area contributed by atoms with Crippen LogP contribution in [0.25, 0.3) is 0 Å². The van der Waals surface area contributed by atoms with Gasteiger partial charge in [0.1, 0.15) is 17.7 Å². The van der Waals surface area contributed by atoms with E-state index in [9.17, 15) is 19.2 Å². The maximum absolute atomic E-state index is 13.8. The first-order chi connectivity index (χ1) is 21.8. The molecule has 0 spiro atoms. The third-order valence-corrected chi connectivity index (χ3v) is 14.1. The fourth-order valence-corrected chi connectivity index (χ4v) is 6.94. The molecule has 6 atom stereocenters. The minimum Gasteiger partial charge on any atom is -0.460 e. The van der Waals surface area contributed by atoms with E-state index in [1.165, 1.54) is 4.90 Å². The number of amides is 1. The van der Waals surface area contributed by atoms with Gasteiger partial charge in [-0.25, -0.2) is 14.4 Å². The van der Waals surface area contributed by atoms with Crippen molar-refractivity contribution in [2.75, 3.05) is 6.54 Å². The summed E-state index contributed by atoms with van der Waals surface area (Å²) in [6, 6.07) is 7.96. The molecule has 1 saturated heterocycles. The zero-order chi connectivity index (χ0) is 36.8. The van der Waals surface area contributed by atoms with Gasteiger partial charge in [-0.3, -0.25) is 9.69 Å². The van der Waals surface area contributed by atoms with Gasteiger partial charge in [-0.05, 0) is 95.0 Å². The van der Waals surface area contributed by atoms with Crippen molar-refractivity contribution in [3.8, 4) is 0 Å². The highest BCUT2D eigenvalue weighted by Crippen LogP contribution is 2.40. The van der Waals surface area contributed by atoms with Crippen LogP contribution >= 0.6 is 0 Å². The first kappa shape index (κ1) is 41.4. The van der Waals surface area contributed by atoms with Gasteiger partial charge in [-0.2, -0.15) is 0 Å². The third-order valence-electron chi connectivity index (χ3n) is 9.58. The van der Waals surface area contributed by atoms with Crippen LogP contribution in [0, 0.1) is 17.3 Å². The normalized spacial score (nSPS) is 19.1. The van der Waals surface area contributed by atoms with Crippen molar-refractivity contribution in [3.63, 3.8) is 0 Å². The summed E-state index contributed by atoms with van der Waals surface area (Å²) in [4.78, 5) is 54.4. The van der Waals surface area contributed by atoms with Crippen molar-refractivity contribution >= 4 is 32.1 Å². The molecule has 0 unspecified atom stereocenters. The van der Waals surface area contributed by atoms with Gasteiger partial charge in [0.2, 0.25) is 0 Å². The maximum atomic E-state index is 13.8. The third kappa shape index (κ3) is 12.0. The smallest absolute Gasteiger partial charge is 0.411 e. The molecule has 1 heterocycles. The Morgan fingerprint density at radius 3 is 1.98 bits per heavy atom. The standard InChI is InChI=1S/C38H63NO8Si/c1-25(24-31(36(4,5)6)45-34(42)29-21-18-22-39(29)35(43)46-37(7,8)9)23-30(47-48(13,14)38(10,11)12)26(2)32(40)27(3)44-33(41)28-19-16-15-17-20-28/h15-17,19-20,25-27,29-31H,18,21-24H2,1-14H3/t25-,26-,27+,29-,30-,31-/m0/s1. The lowest BCUT2D eigenvalue weighted by Crippen LogP contribution is -2.48. The first-order valence-corrected chi connectivity index (χ1v) is 20.4. The molecule has 48 heavy (non-hydrogen) atoms. The van der Waals surface area contributed by atoms with E-state index >= 15 is 0 Å². The molecule has 1 fully saturated rings. The van der Waals surface area contributed by atoms with Gasteiger partial charge < -0.3 is 18.6 Å². The van der Waals surface area contributed by atoms with Crippen molar-refractivity contribution in [2.45, 2.75) is 157 Å². The molecule has 1 aliphatic rings. The number of ether oxygens (including phenoxy) is 3. The Morgan fingerprint density at radius 1 is 0.875 bits per heavy atom. The zero-order valence-corrected chi connectivity index (χ0v) is 33.1. The van der Waals surface area contributed by atoms with Crippen LogP contribution in [0.15, 0.2) is 30.3 Å². The summed E-state index contributed by atoms with van der Waals surface area (Å²) >= 11 is 0. The molecule has 0 saturated carbocycles. The fraction of sp³-hybridized carbons (Fsp3) is 0.737. The highest BCUT2D eigenvalue weighted by molar-refractivity contribution is 6.74. The largest absolute Gasteiger partial charge is 0.460 e. The lowest BCUT2D eigenvalue weighted by atomic mass is 9.81. The van der Waals surface area contributed by atoms with Crippen molar-refractivity contribution < 1.29 is 37.8 Å². The van der Waals surface area contributed by atoms with Crippen LogP contribution in [0.5, 0.6) is 0 Å². The summed E-state index contributed by atoms with van der Waals surface area (Å²) in [5.41, 5.74) is -0.654. The molecule has 2 rings (SSSR count). The number of carbonyl (C=O) groups excluding carboxylic acids is 4. The van der Waals surface area contributed by atoms with E-state index in [4.69, 9.17) is 18.6 Å². The average Bonchev–Trinajstić information content (AvgIpc) is 3.44.